The Morgan fingerprint density at radius 1 is 1.06 bits per heavy atom. The number of phenols is 1. The zero-order valence-electron chi connectivity index (χ0n) is 18.0. The zero-order chi connectivity index (χ0) is 22.2. The first-order valence-electron chi connectivity index (χ1n) is 10.8. The van der Waals surface area contributed by atoms with E-state index >= 15 is 0 Å². The van der Waals surface area contributed by atoms with Gasteiger partial charge in [0.25, 0.3) is 11.8 Å². The van der Waals surface area contributed by atoms with Crippen LogP contribution >= 0.6 is 0 Å². The predicted octanol–water partition coefficient (Wildman–Crippen LogP) is 2.61. The number of para-hydroxylation sites is 1. The number of hydrogen-bond acceptors (Lipinski definition) is 5. The number of anilines is 1. The summed E-state index contributed by atoms with van der Waals surface area (Å²) in [6.45, 7) is 6.39. The molecule has 0 atom stereocenters. The van der Waals surface area contributed by atoms with Crippen LogP contribution < -0.4 is 5.32 Å². The molecular formula is C24H29N3O4. The fraction of sp³-hybridized carbons (Fsp3) is 0.417. The Kier molecular flexibility index (Phi) is 5.62. The fourth-order valence-electron chi connectivity index (χ4n) is 4.11. The van der Waals surface area contributed by atoms with Crippen molar-refractivity contribution in [2.45, 2.75) is 32.3 Å². The van der Waals surface area contributed by atoms with Gasteiger partial charge in [-0.3, -0.25) is 9.59 Å². The van der Waals surface area contributed by atoms with Gasteiger partial charge in [-0.15, -0.1) is 0 Å². The molecule has 2 aromatic carbocycles. The highest BCUT2D eigenvalue weighted by Gasteiger charge is 2.50. The first-order valence-corrected chi connectivity index (χ1v) is 10.8. The number of nitrogens with zero attached hydrogens (tertiary/aromatic N) is 2. The third kappa shape index (κ3) is 4.10. The number of piperazine rings is 1. The average molecular weight is 424 g/mol. The summed E-state index contributed by atoms with van der Waals surface area (Å²) in [5, 5.41) is 24.0. The van der Waals surface area contributed by atoms with E-state index in [-0.39, 0.29) is 23.1 Å². The van der Waals surface area contributed by atoms with Crippen LogP contribution in [0, 0.1) is 6.92 Å². The van der Waals surface area contributed by atoms with Gasteiger partial charge in [-0.25, -0.2) is 0 Å². The number of carbonyl (C=O) groups excluding carboxylic acids is 2. The highest BCUT2D eigenvalue weighted by Crippen LogP contribution is 2.37. The summed E-state index contributed by atoms with van der Waals surface area (Å²) in [7, 11) is 0. The van der Waals surface area contributed by atoms with Gasteiger partial charge in [-0.2, -0.15) is 0 Å². The monoisotopic (exact) mass is 423 g/mol. The fourth-order valence-corrected chi connectivity index (χ4v) is 4.11. The van der Waals surface area contributed by atoms with Crippen LogP contribution in [0.5, 0.6) is 5.75 Å². The van der Waals surface area contributed by atoms with E-state index in [2.05, 4.69) is 5.32 Å². The molecule has 1 aliphatic heterocycles. The van der Waals surface area contributed by atoms with Crippen molar-refractivity contribution in [2.75, 3.05) is 38.0 Å². The summed E-state index contributed by atoms with van der Waals surface area (Å²) in [6, 6.07) is 11.1. The summed E-state index contributed by atoms with van der Waals surface area (Å²) in [6.07, 6.45) is 1.03. The number of nitrogens with one attached hydrogen (secondary N) is 1. The van der Waals surface area contributed by atoms with E-state index in [0.29, 0.717) is 39.0 Å². The third-order valence-corrected chi connectivity index (χ3v) is 6.14. The van der Waals surface area contributed by atoms with Crippen LogP contribution in [0.15, 0.2) is 36.4 Å². The summed E-state index contributed by atoms with van der Waals surface area (Å²) < 4.78 is 0. The van der Waals surface area contributed by atoms with E-state index in [1.165, 1.54) is 0 Å². The second-order valence-electron chi connectivity index (χ2n) is 8.38. The molecule has 2 aromatic rings. The van der Waals surface area contributed by atoms with E-state index < -0.39 is 5.60 Å². The Labute approximate surface area is 182 Å². The van der Waals surface area contributed by atoms with Gasteiger partial charge in [0, 0.05) is 44.0 Å². The smallest absolute Gasteiger partial charge is 0.257 e. The van der Waals surface area contributed by atoms with Crippen molar-refractivity contribution < 1.29 is 19.8 Å². The molecule has 0 radical (unpaired) electrons. The van der Waals surface area contributed by atoms with Crippen molar-refractivity contribution in [1.82, 2.24) is 9.80 Å². The number of rotatable bonds is 5. The molecule has 0 spiro atoms. The van der Waals surface area contributed by atoms with Crippen molar-refractivity contribution in [3.63, 3.8) is 0 Å². The second-order valence-corrected chi connectivity index (χ2v) is 8.38. The van der Waals surface area contributed by atoms with Crippen LogP contribution in [-0.4, -0.2) is 70.2 Å². The Balaban J connectivity index is 1.48. The van der Waals surface area contributed by atoms with Crippen molar-refractivity contribution in [1.29, 1.82) is 0 Å². The maximum Gasteiger partial charge on any atom is 0.257 e. The van der Waals surface area contributed by atoms with Gasteiger partial charge in [-0.05, 0) is 49.9 Å². The highest BCUT2D eigenvalue weighted by molar-refractivity contribution is 5.98. The van der Waals surface area contributed by atoms with Crippen molar-refractivity contribution in [2.24, 2.45) is 0 Å². The Bertz CT molecular complexity index is 1010. The van der Waals surface area contributed by atoms with Crippen molar-refractivity contribution in [3.05, 3.63) is 47.5 Å². The predicted molar refractivity (Wildman–Crippen MR) is 119 cm³/mol. The molecule has 1 saturated heterocycles. The number of hydrogen-bond donors (Lipinski definition) is 3. The van der Waals surface area contributed by atoms with Crippen LogP contribution in [0.2, 0.25) is 0 Å². The number of phenolic OH excluding ortho intramolecular Hbond substituents is 1. The molecule has 164 valence electrons. The van der Waals surface area contributed by atoms with Crippen molar-refractivity contribution in [3.8, 4) is 16.9 Å². The molecule has 2 aliphatic rings. The maximum absolute atomic E-state index is 13.0. The lowest BCUT2D eigenvalue weighted by molar-refractivity contribution is -0.143. The third-order valence-electron chi connectivity index (χ3n) is 6.14. The molecule has 7 nitrogen and oxygen atoms in total. The van der Waals surface area contributed by atoms with Crippen LogP contribution in [0.25, 0.3) is 11.1 Å². The molecule has 1 saturated carbocycles. The van der Waals surface area contributed by atoms with E-state index in [4.69, 9.17) is 0 Å². The molecule has 0 unspecified atom stereocenters. The molecule has 0 aromatic heterocycles. The van der Waals surface area contributed by atoms with E-state index in [1.54, 1.807) is 21.9 Å². The van der Waals surface area contributed by atoms with Gasteiger partial charge in [0.15, 0.2) is 0 Å². The number of benzene rings is 2. The first-order chi connectivity index (χ1) is 14.8. The van der Waals surface area contributed by atoms with Crippen LogP contribution in [0.1, 0.15) is 35.7 Å². The van der Waals surface area contributed by atoms with Gasteiger partial charge in [0.2, 0.25) is 0 Å². The van der Waals surface area contributed by atoms with E-state index in [1.807, 2.05) is 38.1 Å². The SMILES string of the molecule is CCNc1c(C)cccc1-c1ccc(C(=O)N2CCN(C(=O)C3(O)CC3)CC2)c(O)c1. The van der Waals surface area contributed by atoms with Crippen LogP contribution in [0.3, 0.4) is 0 Å². The minimum Gasteiger partial charge on any atom is -0.507 e. The zero-order valence-corrected chi connectivity index (χ0v) is 18.0. The Morgan fingerprint density at radius 2 is 1.74 bits per heavy atom. The molecule has 7 heteroatoms. The quantitative estimate of drug-likeness (QED) is 0.688. The molecular weight excluding hydrogens is 394 g/mol. The molecule has 4 rings (SSSR count). The number of aryl methyl sites for hydroxylation is 1. The van der Waals surface area contributed by atoms with Crippen LogP contribution in [0.4, 0.5) is 5.69 Å². The molecule has 0 bridgehead atoms. The summed E-state index contributed by atoms with van der Waals surface area (Å²) >= 11 is 0. The topological polar surface area (TPSA) is 93.1 Å². The Hall–Kier alpha value is -3.06. The molecule has 3 N–H and O–H groups in total. The van der Waals surface area contributed by atoms with Crippen LogP contribution in [-0.2, 0) is 4.79 Å². The number of amides is 2. The van der Waals surface area contributed by atoms with E-state index in [0.717, 1.165) is 28.9 Å². The lowest BCUT2D eigenvalue weighted by Gasteiger charge is -2.35. The lowest BCUT2D eigenvalue weighted by atomic mass is 9.98. The number of carbonyl (C=O) groups is 2. The molecule has 2 fully saturated rings. The van der Waals surface area contributed by atoms with Gasteiger partial charge >= 0.3 is 0 Å². The minimum atomic E-state index is -1.18. The molecule has 1 heterocycles. The molecule has 31 heavy (non-hydrogen) atoms. The molecule has 2 amide bonds. The second kappa shape index (κ2) is 8.23. The lowest BCUT2D eigenvalue weighted by Crippen LogP contribution is -2.53. The summed E-state index contributed by atoms with van der Waals surface area (Å²) in [5.74, 6) is -0.545. The number of aromatic hydroxyl groups is 1. The number of aliphatic hydroxyl groups is 1. The van der Waals surface area contributed by atoms with E-state index in [9.17, 15) is 19.8 Å². The Morgan fingerprint density at radius 3 is 2.35 bits per heavy atom. The van der Waals surface area contributed by atoms with Gasteiger partial charge in [0.1, 0.15) is 11.4 Å². The first kappa shape index (κ1) is 21.2. The van der Waals surface area contributed by atoms with Gasteiger partial charge in [0.05, 0.1) is 5.56 Å². The highest BCUT2D eigenvalue weighted by atomic mass is 16.3. The van der Waals surface area contributed by atoms with Gasteiger partial charge in [-0.1, -0.05) is 24.3 Å². The average Bonchev–Trinajstić information content (AvgIpc) is 3.53. The summed E-state index contributed by atoms with van der Waals surface area (Å²) in [4.78, 5) is 28.5. The standard InChI is InChI=1S/C24H29N3O4/c1-3-25-21-16(2)5-4-6-18(21)17-7-8-19(20(28)15-17)22(29)26-11-13-27(14-12-26)23(30)24(31)9-10-24/h4-8,15,25,28,31H,3,9-14H2,1-2H3. The van der Waals surface area contributed by atoms with Gasteiger partial charge < -0.3 is 25.3 Å². The summed E-state index contributed by atoms with van der Waals surface area (Å²) in [5.41, 5.74) is 3.01. The minimum absolute atomic E-state index is 0.0581. The largest absolute Gasteiger partial charge is 0.507 e. The van der Waals surface area contributed by atoms with Crippen molar-refractivity contribution >= 4 is 17.5 Å². The normalized spacial score (nSPS) is 17.4. The molecule has 1 aliphatic carbocycles. The maximum atomic E-state index is 13.0.